The van der Waals surface area contributed by atoms with Gasteiger partial charge >= 0.3 is 12.0 Å². The average Bonchev–Trinajstić information content (AvgIpc) is 2.82. The molecule has 8 heteroatoms. The van der Waals surface area contributed by atoms with Gasteiger partial charge in [-0.3, -0.25) is 9.59 Å². The lowest BCUT2D eigenvalue weighted by atomic mass is 9.96. The lowest BCUT2D eigenvalue weighted by Gasteiger charge is -2.20. The third-order valence-corrected chi connectivity index (χ3v) is 5.88. The van der Waals surface area contributed by atoms with Crippen LogP contribution in [0.3, 0.4) is 0 Å². The molecule has 8 nitrogen and oxygen atoms in total. The van der Waals surface area contributed by atoms with Crippen molar-refractivity contribution in [2.45, 2.75) is 40.2 Å². The highest BCUT2D eigenvalue weighted by molar-refractivity contribution is 5.91. The number of amides is 2. The number of nitrogens with zero attached hydrogens (tertiary/aromatic N) is 1. The molecule has 1 atom stereocenters. The summed E-state index contributed by atoms with van der Waals surface area (Å²) in [7, 11) is 1.53. The lowest BCUT2D eigenvalue weighted by Crippen LogP contribution is -2.36. The number of benzene rings is 2. The molecule has 3 N–H and O–H groups in total. The zero-order valence-corrected chi connectivity index (χ0v) is 20.6. The second-order valence-corrected chi connectivity index (χ2v) is 8.54. The number of aromatic hydroxyl groups is 1. The number of rotatable bonds is 7. The second kappa shape index (κ2) is 10.9. The molecule has 0 saturated carbocycles. The van der Waals surface area contributed by atoms with Gasteiger partial charge < -0.3 is 25.0 Å². The summed E-state index contributed by atoms with van der Waals surface area (Å²) in [6.07, 6.45) is 1.37. The van der Waals surface area contributed by atoms with Crippen molar-refractivity contribution in [2.24, 2.45) is 7.05 Å². The van der Waals surface area contributed by atoms with Crippen LogP contribution in [0.25, 0.3) is 11.1 Å². The average molecular weight is 478 g/mol. The van der Waals surface area contributed by atoms with Crippen molar-refractivity contribution < 1.29 is 19.4 Å². The van der Waals surface area contributed by atoms with E-state index in [2.05, 4.69) is 16.7 Å². The van der Waals surface area contributed by atoms with Crippen LogP contribution in [0.1, 0.15) is 41.6 Å². The molecular weight excluding hydrogens is 446 g/mol. The number of ether oxygens (including phenoxy) is 1. The number of esters is 1. The van der Waals surface area contributed by atoms with E-state index in [9.17, 15) is 19.5 Å². The monoisotopic (exact) mass is 477 g/mol. The van der Waals surface area contributed by atoms with Crippen molar-refractivity contribution in [1.82, 2.24) is 9.88 Å². The van der Waals surface area contributed by atoms with Gasteiger partial charge in [0.25, 0.3) is 5.56 Å². The molecule has 3 aromatic rings. The van der Waals surface area contributed by atoms with E-state index < -0.39 is 23.6 Å². The topological polar surface area (TPSA) is 110 Å². The summed E-state index contributed by atoms with van der Waals surface area (Å²) in [5.74, 6) is -0.773. The number of anilines is 1. The molecule has 184 valence electrons. The van der Waals surface area contributed by atoms with Gasteiger partial charge in [0.2, 0.25) is 0 Å². The fourth-order valence-corrected chi connectivity index (χ4v) is 3.80. The Morgan fingerprint density at radius 3 is 2.43 bits per heavy atom. The smallest absolute Gasteiger partial charge is 0.319 e. The van der Waals surface area contributed by atoms with Gasteiger partial charge in [-0.2, -0.15) is 0 Å². The second-order valence-electron chi connectivity index (χ2n) is 8.54. The van der Waals surface area contributed by atoms with Crippen LogP contribution >= 0.6 is 0 Å². The minimum atomic E-state index is -0.728. The standard InChI is InChI=1S/C27H31N3O5/c1-6-35-23(31)14-22(28-27(34)29-24-25(32)18(4)15-30(5)26(24)33)21-9-7-8-19(13-21)20-11-10-16(2)17(3)12-20/h7-13,15,22,32H,6,14H2,1-5H3,(H2,28,29,34)/t22-/m0/s1. The van der Waals surface area contributed by atoms with Gasteiger partial charge in [0.1, 0.15) is 5.75 Å². The number of hydrogen-bond donors (Lipinski definition) is 3. The molecule has 0 saturated heterocycles. The molecule has 2 aromatic carbocycles. The van der Waals surface area contributed by atoms with Gasteiger partial charge in [-0.15, -0.1) is 0 Å². The molecule has 2 amide bonds. The highest BCUT2D eigenvalue weighted by Gasteiger charge is 2.22. The molecule has 35 heavy (non-hydrogen) atoms. The molecule has 1 aromatic heterocycles. The molecule has 0 aliphatic heterocycles. The van der Waals surface area contributed by atoms with Crippen molar-refractivity contribution in [2.75, 3.05) is 11.9 Å². The molecule has 1 heterocycles. The van der Waals surface area contributed by atoms with E-state index >= 15 is 0 Å². The summed E-state index contributed by atoms with van der Waals surface area (Å²) < 4.78 is 6.37. The van der Waals surface area contributed by atoms with Crippen molar-refractivity contribution in [3.8, 4) is 16.9 Å². The van der Waals surface area contributed by atoms with E-state index in [1.54, 1.807) is 13.8 Å². The Bertz CT molecular complexity index is 1310. The van der Waals surface area contributed by atoms with Crippen molar-refractivity contribution in [3.05, 3.63) is 81.3 Å². The summed E-state index contributed by atoms with van der Waals surface area (Å²) in [6.45, 7) is 7.65. The fraction of sp³-hybridized carbons (Fsp3) is 0.296. The molecule has 0 aliphatic carbocycles. The zero-order valence-electron chi connectivity index (χ0n) is 20.6. The molecule has 0 aliphatic rings. The maximum Gasteiger partial charge on any atom is 0.319 e. The molecule has 0 fully saturated rings. The summed E-state index contributed by atoms with van der Waals surface area (Å²) in [6, 6.07) is 12.3. The summed E-state index contributed by atoms with van der Waals surface area (Å²) in [5.41, 5.74) is 4.65. The number of aromatic nitrogens is 1. The first-order valence-corrected chi connectivity index (χ1v) is 11.4. The van der Waals surface area contributed by atoms with Crippen LogP contribution in [0.4, 0.5) is 10.5 Å². The van der Waals surface area contributed by atoms with Crippen LogP contribution in [0.5, 0.6) is 5.75 Å². The predicted octanol–water partition coefficient (Wildman–Crippen LogP) is 4.50. The Kier molecular flexibility index (Phi) is 7.96. The Morgan fingerprint density at radius 2 is 1.74 bits per heavy atom. The number of hydrogen-bond acceptors (Lipinski definition) is 5. The van der Waals surface area contributed by atoms with Gasteiger partial charge in [-0.05, 0) is 61.6 Å². The van der Waals surface area contributed by atoms with Crippen molar-refractivity contribution in [1.29, 1.82) is 0 Å². The van der Waals surface area contributed by atoms with Crippen LogP contribution in [0, 0.1) is 20.8 Å². The van der Waals surface area contributed by atoms with Crippen LogP contribution in [-0.4, -0.2) is 28.3 Å². The Labute approximate surface area is 204 Å². The zero-order chi connectivity index (χ0) is 25.7. The number of pyridine rings is 1. The van der Waals surface area contributed by atoms with Gasteiger partial charge in [0.05, 0.1) is 19.1 Å². The molecule has 3 rings (SSSR count). The molecular formula is C27H31N3O5. The van der Waals surface area contributed by atoms with Gasteiger partial charge in [-0.1, -0.05) is 36.4 Å². The molecule has 0 spiro atoms. The number of aryl methyl sites for hydroxylation is 4. The third-order valence-electron chi connectivity index (χ3n) is 5.88. The number of urea groups is 1. The number of nitrogens with one attached hydrogen (secondary N) is 2. The first kappa shape index (κ1) is 25.6. The van der Waals surface area contributed by atoms with Crippen LogP contribution in [0.15, 0.2) is 53.5 Å². The SMILES string of the molecule is CCOC(=O)C[C@H](NC(=O)Nc1c(O)c(C)cn(C)c1=O)c1cccc(-c2ccc(C)c(C)c2)c1. The van der Waals surface area contributed by atoms with Gasteiger partial charge in [0, 0.05) is 18.8 Å². The largest absolute Gasteiger partial charge is 0.505 e. The summed E-state index contributed by atoms with van der Waals surface area (Å²) >= 11 is 0. The van der Waals surface area contributed by atoms with Crippen molar-refractivity contribution in [3.63, 3.8) is 0 Å². The number of carbonyl (C=O) groups excluding carboxylic acids is 2. The van der Waals surface area contributed by atoms with Gasteiger partial charge in [0.15, 0.2) is 5.69 Å². The minimum Gasteiger partial charge on any atom is -0.505 e. The van der Waals surface area contributed by atoms with Gasteiger partial charge in [-0.25, -0.2) is 4.79 Å². The maximum atomic E-state index is 12.9. The normalized spacial score (nSPS) is 11.6. The van der Waals surface area contributed by atoms with Crippen LogP contribution in [-0.2, 0) is 16.6 Å². The minimum absolute atomic E-state index is 0.102. The third kappa shape index (κ3) is 6.09. The van der Waals surface area contributed by atoms with E-state index in [0.29, 0.717) is 11.1 Å². The predicted molar refractivity (Wildman–Crippen MR) is 136 cm³/mol. The molecule has 0 radical (unpaired) electrons. The van der Waals surface area contributed by atoms with E-state index in [0.717, 1.165) is 16.7 Å². The van der Waals surface area contributed by atoms with E-state index in [4.69, 9.17) is 4.74 Å². The first-order chi connectivity index (χ1) is 16.6. The van der Waals surface area contributed by atoms with Crippen molar-refractivity contribution >= 4 is 17.7 Å². The van der Waals surface area contributed by atoms with Crippen LogP contribution < -0.4 is 16.2 Å². The van der Waals surface area contributed by atoms with E-state index in [-0.39, 0.29) is 24.5 Å². The summed E-state index contributed by atoms with van der Waals surface area (Å²) in [5, 5.41) is 15.5. The summed E-state index contributed by atoms with van der Waals surface area (Å²) in [4.78, 5) is 37.6. The van der Waals surface area contributed by atoms with E-state index in [1.165, 1.54) is 23.4 Å². The lowest BCUT2D eigenvalue weighted by molar-refractivity contribution is -0.143. The fourth-order valence-electron chi connectivity index (χ4n) is 3.80. The maximum absolute atomic E-state index is 12.9. The Hall–Kier alpha value is -4.07. The quantitative estimate of drug-likeness (QED) is 0.434. The number of carbonyl (C=O) groups is 2. The molecule has 0 bridgehead atoms. The molecule has 0 unspecified atom stereocenters. The Balaban J connectivity index is 1.91. The highest BCUT2D eigenvalue weighted by Crippen LogP contribution is 2.27. The highest BCUT2D eigenvalue weighted by atomic mass is 16.5. The van der Waals surface area contributed by atoms with E-state index in [1.807, 2.05) is 50.2 Å². The Morgan fingerprint density at radius 1 is 1.03 bits per heavy atom. The van der Waals surface area contributed by atoms with Crippen LogP contribution in [0.2, 0.25) is 0 Å². The first-order valence-electron chi connectivity index (χ1n) is 11.4.